The third-order valence-corrected chi connectivity index (χ3v) is 3.90. The van der Waals surface area contributed by atoms with Gasteiger partial charge < -0.3 is 20.5 Å². The van der Waals surface area contributed by atoms with E-state index < -0.39 is 0 Å². The number of hydrogen-bond donors (Lipinski definition) is 2. The molecule has 0 saturated carbocycles. The first kappa shape index (κ1) is 16.4. The van der Waals surface area contributed by atoms with Gasteiger partial charge in [0.2, 0.25) is 5.91 Å². The molecule has 7 heteroatoms. The minimum absolute atomic E-state index is 0.168. The standard InChI is InChI=1S/C15H19N3O3S/c1-20-10(8-16)7-14(19)18-15-17-12(9-22-15)11-5-3-4-6-13(11)21-2/h3-6,9-10H,7-8,16H2,1-2H3,(H,17,18,19). The van der Waals surface area contributed by atoms with Crippen molar-refractivity contribution in [3.8, 4) is 17.0 Å². The Kier molecular flexibility index (Phi) is 5.88. The maximum Gasteiger partial charge on any atom is 0.228 e. The second kappa shape index (κ2) is 7.88. The van der Waals surface area contributed by atoms with Gasteiger partial charge in [0.1, 0.15) is 5.75 Å². The van der Waals surface area contributed by atoms with Gasteiger partial charge >= 0.3 is 0 Å². The van der Waals surface area contributed by atoms with Crippen LogP contribution in [0.15, 0.2) is 29.6 Å². The predicted molar refractivity (Wildman–Crippen MR) is 87.2 cm³/mol. The zero-order valence-corrected chi connectivity index (χ0v) is 13.4. The molecule has 1 unspecified atom stereocenters. The number of methoxy groups -OCH3 is 2. The van der Waals surface area contributed by atoms with E-state index in [1.54, 1.807) is 7.11 Å². The molecule has 0 saturated heterocycles. The molecule has 1 aromatic carbocycles. The van der Waals surface area contributed by atoms with E-state index >= 15 is 0 Å². The molecule has 0 aliphatic rings. The lowest BCUT2D eigenvalue weighted by molar-refractivity contribution is -0.118. The summed E-state index contributed by atoms with van der Waals surface area (Å²) in [5.74, 6) is 0.575. The quantitative estimate of drug-likeness (QED) is 0.816. The van der Waals surface area contributed by atoms with E-state index in [0.717, 1.165) is 17.0 Å². The second-order valence-electron chi connectivity index (χ2n) is 4.58. The van der Waals surface area contributed by atoms with Crippen LogP contribution < -0.4 is 15.8 Å². The fourth-order valence-corrected chi connectivity index (χ4v) is 2.68. The molecule has 0 fully saturated rings. The van der Waals surface area contributed by atoms with Gasteiger partial charge in [0.15, 0.2) is 5.13 Å². The smallest absolute Gasteiger partial charge is 0.228 e. The van der Waals surface area contributed by atoms with Gasteiger partial charge in [-0.25, -0.2) is 4.98 Å². The maximum absolute atomic E-state index is 11.9. The lowest BCUT2D eigenvalue weighted by atomic mass is 10.1. The number of ether oxygens (including phenoxy) is 2. The molecule has 0 radical (unpaired) electrons. The molecule has 1 heterocycles. The van der Waals surface area contributed by atoms with Gasteiger partial charge in [-0.3, -0.25) is 4.79 Å². The highest BCUT2D eigenvalue weighted by molar-refractivity contribution is 7.14. The highest BCUT2D eigenvalue weighted by Gasteiger charge is 2.14. The van der Waals surface area contributed by atoms with Crippen molar-refractivity contribution < 1.29 is 14.3 Å². The fraction of sp³-hybridized carbons (Fsp3) is 0.333. The Morgan fingerprint density at radius 3 is 2.86 bits per heavy atom. The van der Waals surface area contributed by atoms with Crippen LogP contribution in [0.5, 0.6) is 5.75 Å². The van der Waals surface area contributed by atoms with Crippen LogP contribution in [0.2, 0.25) is 0 Å². The summed E-state index contributed by atoms with van der Waals surface area (Å²) in [5, 5.41) is 5.18. The average molecular weight is 321 g/mol. The highest BCUT2D eigenvalue weighted by Crippen LogP contribution is 2.31. The summed E-state index contributed by atoms with van der Waals surface area (Å²) in [5.41, 5.74) is 7.16. The summed E-state index contributed by atoms with van der Waals surface area (Å²) in [7, 11) is 3.15. The molecule has 3 N–H and O–H groups in total. The third-order valence-electron chi connectivity index (χ3n) is 3.14. The molecule has 1 amide bonds. The molecule has 0 aliphatic heterocycles. The Labute approximate surface area is 133 Å². The van der Waals surface area contributed by atoms with Crippen LogP contribution in [0.1, 0.15) is 6.42 Å². The largest absolute Gasteiger partial charge is 0.496 e. The molecule has 2 aromatic rings. The number of nitrogens with one attached hydrogen (secondary N) is 1. The summed E-state index contributed by atoms with van der Waals surface area (Å²) in [6, 6.07) is 7.61. The van der Waals surface area contributed by atoms with Crippen LogP contribution in [0, 0.1) is 0 Å². The number of nitrogens with zero attached hydrogens (tertiary/aromatic N) is 1. The van der Waals surface area contributed by atoms with Crippen molar-refractivity contribution in [1.29, 1.82) is 0 Å². The molecule has 0 aliphatic carbocycles. The number of nitrogens with two attached hydrogens (primary N) is 1. The summed E-state index contributed by atoms with van der Waals surface area (Å²) < 4.78 is 10.4. The van der Waals surface area contributed by atoms with Crippen molar-refractivity contribution >= 4 is 22.4 Å². The minimum Gasteiger partial charge on any atom is -0.496 e. The third kappa shape index (κ3) is 4.03. The molecule has 6 nitrogen and oxygen atoms in total. The van der Waals surface area contributed by atoms with E-state index in [1.807, 2.05) is 29.6 Å². The molecule has 1 atom stereocenters. The fourth-order valence-electron chi connectivity index (χ4n) is 1.95. The number of anilines is 1. The van der Waals surface area contributed by atoms with Gasteiger partial charge in [0, 0.05) is 24.6 Å². The number of aromatic nitrogens is 1. The Morgan fingerprint density at radius 1 is 1.41 bits per heavy atom. The molecule has 2 rings (SSSR count). The van der Waals surface area contributed by atoms with Crippen LogP contribution >= 0.6 is 11.3 Å². The SMILES string of the molecule is COc1ccccc1-c1csc(NC(=O)CC(CN)OC)n1. The summed E-state index contributed by atoms with van der Waals surface area (Å²) in [6.45, 7) is 0.300. The lowest BCUT2D eigenvalue weighted by Crippen LogP contribution is -2.28. The van der Waals surface area contributed by atoms with E-state index in [0.29, 0.717) is 11.7 Å². The Balaban J connectivity index is 2.07. The van der Waals surface area contributed by atoms with E-state index in [9.17, 15) is 4.79 Å². The van der Waals surface area contributed by atoms with Crippen molar-refractivity contribution in [3.05, 3.63) is 29.6 Å². The first-order valence-electron chi connectivity index (χ1n) is 6.79. The number of rotatable bonds is 7. The van der Waals surface area contributed by atoms with Crippen LogP contribution in [-0.4, -0.2) is 37.8 Å². The van der Waals surface area contributed by atoms with E-state index in [1.165, 1.54) is 18.4 Å². The van der Waals surface area contributed by atoms with Gasteiger partial charge in [0.05, 0.1) is 25.3 Å². The second-order valence-corrected chi connectivity index (χ2v) is 5.44. The monoisotopic (exact) mass is 321 g/mol. The Morgan fingerprint density at radius 2 is 2.18 bits per heavy atom. The van der Waals surface area contributed by atoms with E-state index in [-0.39, 0.29) is 18.4 Å². The summed E-state index contributed by atoms with van der Waals surface area (Å²) in [6.07, 6.45) is -0.0787. The van der Waals surface area contributed by atoms with Crippen molar-refractivity contribution in [1.82, 2.24) is 4.98 Å². The Hall–Kier alpha value is -1.96. The maximum atomic E-state index is 11.9. The zero-order chi connectivity index (χ0) is 15.9. The number of hydrogen-bond acceptors (Lipinski definition) is 6. The Bertz CT molecular complexity index is 626. The van der Waals surface area contributed by atoms with Crippen LogP contribution in [-0.2, 0) is 9.53 Å². The molecular formula is C15H19N3O3S. The number of carbonyl (C=O) groups excluding carboxylic acids is 1. The van der Waals surface area contributed by atoms with Crippen molar-refractivity contribution in [2.75, 3.05) is 26.1 Å². The van der Waals surface area contributed by atoms with Gasteiger partial charge in [-0.2, -0.15) is 0 Å². The molecule has 0 spiro atoms. The number of carbonyl (C=O) groups is 1. The minimum atomic E-state index is -0.284. The van der Waals surface area contributed by atoms with E-state index in [4.69, 9.17) is 15.2 Å². The van der Waals surface area contributed by atoms with Crippen LogP contribution in [0.25, 0.3) is 11.3 Å². The summed E-state index contributed by atoms with van der Waals surface area (Å²) in [4.78, 5) is 16.3. The first-order valence-corrected chi connectivity index (χ1v) is 7.67. The zero-order valence-electron chi connectivity index (χ0n) is 12.5. The predicted octanol–water partition coefficient (Wildman–Crippen LogP) is 2.12. The van der Waals surface area contributed by atoms with E-state index in [2.05, 4.69) is 10.3 Å². The van der Waals surface area contributed by atoms with Crippen molar-refractivity contribution in [2.24, 2.45) is 5.73 Å². The van der Waals surface area contributed by atoms with Gasteiger partial charge in [-0.05, 0) is 12.1 Å². The average Bonchev–Trinajstić information content (AvgIpc) is 3.00. The van der Waals surface area contributed by atoms with Crippen molar-refractivity contribution in [2.45, 2.75) is 12.5 Å². The normalized spacial score (nSPS) is 12.0. The first-order chi connectivity index (χ1) is 10.7. The molecule has 118 valence electrons. The van der Waals surface area contributed by atoms with Gasteiger partial charge in [-0.15, -0.1) is 11.3 Å². The molecule has 1 aromatic heterocycles. The number of para-hydroxylation sites is 1. The molecular weight excluding hydrogens is 302 g/mol. The number of benzene rings is 1. The van der Waals surface area contributed by atoms with Crippen LogP contribution in [0.4, 0.5) is 5.13 Å². The summed E-state index contributed by atoms with van der Waals surface area (Å²) >= 11 is 1.36. The van der Waals surface area contributed by atoms with Crippen LogP contribution in [0.3, 0.4) is 0 Å². The highest BCUT2D eigenvalue weighted by atomic mass is 32.1. The van der Waals surface area contributed by atoms with Gasteiger partial charge in [0.25, 0.3) is 0 Å². The molecule has 0 bridgehead atoms. The van der Waals surface area contributed by atoms with Gasteiger partial charge in [-0.1, -0.05) is 12.1 Å². The lowest BCUT2D eigenvalue weighted by Gasteiger charge is -2.11. The number of amides is 1. The van der Waals surface area contributed by atoms with Crippen molar-refractivity contribution in [3.63, 3.8) is 0 Å². The number of thiazole rings is 1. The molecule has 22 heavy (non-hydrogen) atoms. The topological polar surface area (TPSA) is 86.5 Å².